The average Bonchev–Trinajstić information content (AvgIpc) is 2.17. The normalized spacial score (nSPS) is 13.1. The Hall–Kier alpha value is -1.02. The van der Waals surface area contributed by atoms with Gasteiger partial charge in [0.25, 0.3) is 0 Å². The summed E-state index contributed by atoms with van der Waals surface area (Å²) in [4.78, 5) is 4.26. The van der Waals surface area contributed by atoms with Gasteiger partial charge in [-0.15, -0.1) is 0 Å². The molecule has 2 aromatic rings. The van der Waals surface area contributed by atoms with Crippen LogP contribution in [0.25, 0.3) is 10.9 Å². The van der Waals surface area contributed by atoms with Crippen molar-refractivity contribution in [3.05, 3.63) is 42.1 Å². The topological polar surface area (TPSA) is 12.9 Å². The van der Waals surface area contributed by atoms with E-state index < -0.39 is 0 Å². The highest BCUT2D eigenvalue weighted by Crippen LogP contribution is 2.22. The van der Waals surface area contributed by atoms with E-state index in [9.17, 15) is 0 Å². The Bertz CT molecular complexity index is 423. The molecule has 1 heterocycles. The van der Waals surface area contributed by atoms with Crippen LogP contribution in [-0.4, -0.2) is 4.98 Å². The summed E-state index contributed by atoms with van der Waals surface area (Å²) in [6.07, 6.45) is 1.81. The summed E-state index contributed by atoms with van der Waals surface area (Å²) >= 11 is 4.39. The van der Waals surface area contributed by atoms with Gasteiger partial charge in [-0.05, 0) is 30.7 Å². The first-order valence-corrected chi connectivity index (χ1v) is 4.82. The lowest BCUT2D eigenvalue weighted by Crippen LogP contribution is -1.85. The molecule has 0 saturated heterocycles. The van der Waals surface area contributed by atoms with Crippen LogP contribution in [-0.2, 0) is 0 Å². The van der Waals surface area contributed by atoms with E-state index in [1.165, 1.54) is 10.9 Å². The van der Waals surface area contributed by atoms with Crippen LogP contribution in [0, 0.1) is 0 Å². The van der Waals surface area contributed by atoms with E-state index in [1.54, 1.807) is 0 Å². The SMILES string of the molecule is CC(S)c1ccc2ncccc2c1. The Morgan fingerprint density at radius 1 is 1.31 bits per heavy atom. The smallest absolute Gasteiger partial charge is 0.0702 e. The van der Waals surface area contributed by atoms with E-state index in [-0.39, 0.29) is 5.25 Å². The van der Waals surface area contributed by atoms with E-state index in [0.29, 0.717) is 0 Å². The monoisotopic (exact) mass is 189 g/mol. The van der Waals surface area contributed by atoms with Gasteiger partial charge in [-0.3, -0.25) is 4.98 Å². The minimum Gasteiger partial charge on any atom is -0.256 e. The predicted molar refractivity (Wildman–Crippen MR) is 59.1 cm³/mol. The summed E-state index contributed by atoms with van der Waals surface area (Å²) in [6, 6.07) is 10.3. The highest BCUT2D eigenvalue weighted by Gasteiger charge is 2.00. The fourth-order valence-corrected chi connectivity index (χ4v) is 1.51. The van der Waals surface area contributed by atoms with Gasteiger partial charge in [0.15, 0.2) is 0 Å². The number of hydrogen-bond acceptors (Lipinski definition) is 2. The van der Waals surface area contributed by atoms with Crippen molar-refractivity contribution in [2.75, 3.05) is 0 Å². The molecule has 0 aliphatic rings. The number of pyridine rings is 1. The van der Waals surface area contributed by atoms with Crippen molar-refractivity contribution in [2.45, 2.75) is 12.2 Å². The maximum Gasteiger partial charge on any atom is 0.0702 e. The quantitative estimate of drug-likeness (QED) is 0.680. The molecule has 0 aliphatic carbocycles. The van der Waals surface area contributed by atoms with Crippen molar-refractivity contribution in [3.63, 3.8) is 0 Å². The standard InChI is InChI=1S/C11H11NS/c1-8(13)9-4-5-11-10(7-9)3-2-6-12-11/h2-8,13H,1H3. The number of thiol groups is 1. The Balaban J connectivity index is 2.62. The molecule has 2 rings (SSSR count). The molecule has 0 aliphatic heterocycles. The summed E-state index contributed by atoms with van der Waals surface area (Å²) in [5.74, 6) is 0. The molecule has 1 unspecified atom stereocenters. The van der Waals surface area contributed by atoms with Gasteiger partial charge in [-0.1, -0.05) is 12.1 Å². The average molecular weight is 189 g/mol. The molecule has 1 aromatic carbocycles. The third kappa shape index (κ3) is 1.68. The van der Waals surface area contributed by atoms with Crippen LogP contribution in [0.1, 0.15) is 17.7 Å². The third-order valence-electron chi connectivity index (χ3n) is 2.11. The minimum absolute atomic E-state index is 0.282. The minimum atomic E-state index is 0.282. The highest BCUT2D eigenvalue weighted by molar-refractivity contribution is 7.80. The van der Waals surface area contributed by atoms with Gasteiger partial charge in [0.1, 0.15) is 0 Å². The molecule has 1 atom stereocenters. The zero-order valence-electron chi connectivity index (χ0n) is 7.44. The van der Waals surface area contributed by atoms with Crippen LogP contribution >= 0.6 is 12.6 Å². The molecular formula is C11H11NS. The van der Waals surface area contributed by atoms with Crippen LogP contribution in [0.5, 0.6) is 0 Å². The van der Waals surface area contributed by atoms with E-state index in [0.717, 1.165) is 5.52 Å². The molecule has 66 valence electrons. The van der Waals surface area contributed by atoms with Gasteiger partial charge in [0.2, 0.25) is 0 Å². The molecule has 0 fully saturated rings. The van der Waals surface area contributed by atoms with E-state index in [1.807, 2.05) is 18.3 Å². The predicted octanol–water partition coefficient (Wildman–Crippen LogP) is 3.23. The van der Waals surface area contributed by atoms with Crippen LogP contribution in [0.3, 0.4) is 0 Å². The molecule has 0 spiro atoms. The van der Waals surface area contributed by atoms with Gasteiger partial charge in [-0.2, -0.15) is 12.6 Å². The van der Waals surface area contributed by atoms with Crippen LogP contribution in [0.4, 0.5) is 0 Å². The number of hydrogen-bond donors (Lipinski definition) is 1. The summed E-state index contributed by atoms with van der Waals surface area (Å²) in [6.45, 7) is 2.07. The van der Waals surface area contributed by atoms with Gasteiger partial charge in [-0.25, -0.2) is 0 Å². The number of benzene rings is 1. The summed E-state index contributed by atoms with van der Waals surface area (Å²) in [5, 5.41) is 1.46. The number of nitrogens with zero attached hydrogens (tertiary/aromatic N) is 1. The maximum absolute atomic E-state index is 4.39. The molecule has 1 aromatic heterocycles. The van der Waals surface area contributed by atoms with Crippen molar-refractivity contribution >= 4 is 23.5 Å². The van der Waals surface area contributed by atoms with Gasteiger partial charge < -0.3 is 0 Å². The zero-order chi connectivity index (χ0) is 9.26. The highest BCUT2D eigenvalue weighted by atomic mass is 32.1. The van der Waals surface area contributed by atoms with Gasteiger partial charge >= 0.3 is 0 Å². The second-order valence-corrected chi connectivity index (χ2v) is 3.91. The first-order valence-electron chi connectivity index (χ1n) is 4.30. The number of aromatic nitrogens is 1. The second kappa shape index (κ2) is 3.38. The summed E-state index contributed by atoms with van der Waals surface area (Å²) < 4.78 is 0. The molecule has 0 amide bonds. The zero-order valence-corrected chi connectivity index (χ0v) is 8.33. The van der Waals surface area contributed by atoms with Gasteiger partial charge in [0.05, 0.1) is 5.52 Å². The molecule has 0 bridgehead atoms. The first kappa shape index (κ1) is 8.57. The Kier molecular flexibility index (Phi) is 2.23. The van der Waals surface area contributed by atoms with E-state index in [2.05, 4.69) is 42.7 Å². The molecule has 0 saturated carbocycles. The summed E-state index contributed by atoms with van der Waals surface area (Å²) in [5.41, 5.74) is 2.28. The van der Waals surface area contributed by atoms with Crippen molar-refractivity contribution in [1.29, 1.82) is 0 Å². The van der Waals surface area contributed by atoms with Gasteiger partial charge in [0, 0.05) is 16.8 Å². The third-order valence-corrected chi connectivity index (χ3v) is 2.41. The molecule has 0 N–H and O–H groups in total. The number of rotatable bonds is 1. The largest absolute Gasteiger partial charge is 0.256 e. The van der Waals surface area contributed by atoms with E-state index >= 15 is 0 Å². The van der Waals surface area contributed by atoms with Crippen LogP contribution in [0.2, 0.25) is 0 Å². The first-order chi connectivity index (χ1) is 6.27. The molecule has 13 heavy (non-hydrogen) atoms. The Labute approximate surface area is 83.2 Å². The van der Waals surface area contributed by atoms with Crippen molar-refractivity contribution in [1.82, 2.24) is 4.98 Å². The lowest BCUT2D eigenvalue weighted by molar-refractivity contribution is 1.12. The Morgan fingerprint density at radius 2 is 2.15 bits per heavy atom. The number of fused-ring (bicyclic) bond motifs is 1. The van der Waals surface area contributed by atoms with Crippen molar-refractivity contribution in [2.24, 2.45) is 0 Å². The maximum atomic E-state index is 4.39. The van der Waals surface area contributed by atoms with E-state index in [4.69, 9.17) is 0 Å². The fraction of sp³-hybridized carbons (Fsp3) is 0.182. The molecule has 1 nitrogen and oxygen atoms in total. The molecular weight excluding hydrogens is 178 g/mol. The lowest BCUT2D eigenvalue weighted by Gasteiger charge is -2.05. The molecule has 2 heteroatoms. The van der Waals surface area contributed by atoms with Crippen LogP contribution in [0.15, 0.2) is 36.5 Å². The van der Waals surface area contributed by atoms with Crippen molar-refractivity contribution < 1.29 is 0 Å². The lowest BCUT2D eigenvalue weighted by atomic mass is 10.1. The van der Waals surface area contributed by atoms with Crippen LogP contribution < -0.4 is 0 Å². The second-order valence-electron chi connectivity index (χ2n) is 3.13. The molecule has 0 radical (unpaired) electrons. The summed E-state index contributed by atoms with van der Waals surface area (Å²) in [7, 11) is 0. The fourth-order valence-electron chi connectivity index (χ4n) is 1.35. The Morgan fingerprint density at radius 3 is 2.92 bits per heavy atom. The van der Waals surface area contributed by atoms with Crippen molar-refractivity contribution in [3.8, 4) is 0 Å².